The summed E-state index contributed by atoms with van der Waals surface area (Å²) in [5, 5.41) is 2.21. The van der Waals surface area contributed by atoms with Crippen LogP contribution in [0.2, 0.25) is 0 Å². The first kappa shape index (κ1) is 15.6. The molecule has 3 nitrogen and oxygen atoms in total. The van der Waals surface area contributed by atoms with Gasteiger partial charge in [-0.1, -0.05) is 19.3 Å². The Balaban J connectivity index is 1.81. The molecule has 1 unspecified atom stereocenters. The minimum Gasteiger partial charge on any atom is -0.338 e. The van der Waals surface area contributed by atoms with E-state index in [9.17, 15) is 18.0 Å². The molecule has 0 aromatic carbocycles. The van der Waals surface area contributed by atoms with Gasteiger partial charge in [0.15, 0.2) is 0 Å². The standard InChI is InChI=1S/C14H23F3N2O/c15-14(16,17)10-18-9-13(20)19-8-4-7-12(19)11-5-2-1-3-6-11/h11-12,18H,1-10H2. The SMILES string of the molecule is O=C(CNCC(F)(F)F)N1CCCC1C1CCCCC1. The van der Waals surface area contributed by atoms with Crippen molar-refractivity contribution in [1.29, 1.82) is 0 Å². The molecular formula is C14H23F3N2O. The first-order valence-corrected chi connectivity index (χ1v) is 7.54. The summed E-state index contributed by atoms with van der Waals surface area (Å²) in [6.07, 6.45) is 3.75. The van der Waals surface area contributed by atoms with E-state index in [1.54, 1.807) is 0 Å². The van der Waals surface area contributed by atoms with Crippen LogP contribution in [0, 0.1) is 5.92 Å². The highest BCUT2D eigenvalue weighted by Crippen LogP contribution is 2.34. The van der Waals surface area contributed by atoms with Crippen LogP contribution in [0.15, 0.2) is 0 Å². The number of hydrogen-bond donors (Lipinski definition) is 1. The number of nitrogens with one attached hydrogen (secondary N) is 1. The Bertz CT molecular complexity index is 327. The Morgan fingerprint density at radius 1 is 1.10 bits per heavy atom. The van der Waals surface area contributed by atoms with E-state index < -0.39 is 12.7 Å². The van der Waals surface area contributed by atoms with E-state index in [4.69, 9.17) is 0 Å². The smallest absolute Gasteiger partial charge is 0.338 e. The van der Waals surface area contributed by atoms with Crippen LogP contribution in [-0.2, 0) is 4.79 Å². The molecule has 0 spiro atoms. The Labute approximate surface area is 117 Å². The van der Waals surface area contributed by atoms with E-state index >= 15 is 0 Å². The van der Waals surface area contributed by atoms with E-state index in [1.807, 2.05) is 4.90 Å². The van der Waals surface area contributed by atoms with Crippen molar-refractivity contribution < 1.29 is 18.0 Å². The number of halogens is 3. The van der Waals surface area contributed by atoms with Crippen molar-refractivity contribution in [2.45, 2.75) is 57.2 Å². The fraction of sp³-hybridized carbons (Fsp3) is 0.929. The van der Waals surface area contributed by atoms with Crippen LogP contribution in [-0.4, -0.2) is 42.7 Å². The molecule has 1 heterocycles. The molecule has 2 aliphatic rings. The van der Waals surface area contributed by atoms with Crippen molar-refractivity contribution >= 4 is 5.91 Å². The second-order valence-corrected chi connectivity index (χ2v) is 5.91. The van der Waals surface area contributed by atoms with Crippen LogP contribution < -0.4 is 5.32 Å². The van der Waals surface area contributed by atoms with Gasteiger partial charge < -0.3 is 10.2 Å². The minimum absolute atomic E-state index is 0.178. The summed E-state index contributed by atoms with van der Waals surface area (Å²) in [5.74, 6) is 0.375. The zero-order valence-corrected chi connectivity index (χ0v) is 11.7. The van der Waals surface area contributed by atoms with Gasteiger partial charge in [-0.3, -0.25) is 4.79 Å². The summed E-state index contributed by atoms with van der Waals surface area (Å²) in [7, 11) is 0. The lowest BCUT2D eigenvalue weighted by Gasteiger charge is -2.34. The van der Waals surface area contributed by atoms with Gasteiger partial charge in [0.05, 0.1) is 13.1 Å². The topological polar surface area (TPSA) is 32.3 Å². The van der Waals surface area contributed by atoms with Gasteiger partial charge in [0.2, 0.25) is 5.91 Å². The third kappa shape index (κ3) is 4.36. The molecular weight excluding hydrogens is 269 g/mol. The summed E-state index contributed by atoms with van der Waals surface area (Å²) in [5.41, 5.74) is 0. The predicted molar refractivity (Wildman–Crippen MR) is 70.2 cm³/mol. The quantitative estimate of drug-likeness (QED) is 0.864. The molecule has 1 atom stereocenters. The summed E-state index contributed by atoms with van der Waals surface area (Å²) in [6, 6.07) is 0.260. The summed E-state index contributed by atoms with van der Waals surface area (Å²) < 4.78 is 36.2. The average Bonchev–Trinajstić information content (AvgIpc) is 2.87. The Kier molecular flexibility index (Phi) is 5.29. The highest BCUT2D eigenvalue weighted by molar-refractivity contribution is 5.78. The van der Waals surface area contributed by atoms with Crippen LogP contribution in [0.3, 0.4) is 0 Å². The summed E-state index contributed by atoms with van der Waals surface area (Å²) >= 11 is 0. The van der Waals surface area contributed by atoms with Crippen molar-refractivity contribution in [3.05, 3.63) is 0 Å². The summed E-state index contributed by atoms with van der Waals surface area (Å²) in [4.78, 5) is 13.9. The van der Waals surface area contributed by atoms with Crippen molar-refractivity contribution in [3.63, 3.8) is 0 Å². The van der Waals surface area contributed by atoms with Crippen LogP contribution in [0.1, 0.15) is 44.9 Å². The Hall–Kier alpha value is -0.780. The Morgan fingerprint density at radius 2 is 1.80 bits per heavy atom. The lowest BCUT2D eigenvalue weighted by atomic mass is 9.83. The minimum atomic E-state index is -4.26. The molecule has 1 saturated heterocycles. The first-order valence-electron chi connectivity index (χ1n) is 7.54. The molecule has 2 rings (SSSR count). The molecule has 0 aromatic heterocycles. The van der Waals surface area contributed by atoms with E-state index in [2.05, 4.69) is 5.32 Å². The van der Waals surface area contributed by atoms with Crippen molar-refractivity contribution in [1.82, 2.24) is 10.2 Å². The number of alkyl halides is 3. The number of carbonyl (C=O) groups excluding carboxylic acids is 1. The number of hydrogen-bond acceptors (Lipinski definition) is 2. The first-order chi connectivity index (χ1) is 9.47. The van der Waals surface area contributed by atoms with Gasteiger partial charge in [-0.05, 0) is 31.6 Å². The van der Waals surface area contributed by atoms with Gasteiger partial charge in [0.1, 0.15) is 0 Å². The summed E-state index contributed by atoms with van der Waals surface area (Å²) in [6.45, 7) is -0.600. The van der Waals surface area contributed by atoms with Crippen LogP contribution in [0.4, 0.5) is 13.2 Å². The number of likely N-dealkylation sites (tertiary alicyclic amines) is 1. The van der Waals surface area contributed by atoms with Gasteiger partial charge in [-0.25, -0.2) is 0 Å². The zero-order chi connectivity index (χ0) is 14.6. The number of rotatable bonds is 4. The van der Waals surface area contributed by atoms with Crippen LogP contribution in [0.5, 0.6) is 0 Å². The second-order valence-electron chi connectivity index (χ2n) is 5.91. The van der Waals surface area contributed by atoms with Crippen molar-refractivity contribution in [2.75, 3.05) is 19.6 Å². The fourth-order valence-electron chi connectivity index (χ4n) is 3.52. The fourth-order valence-corrected chi connectivity index (χ4v) is 3.52. The van der Waals surface area contributed by atoms with Crippen molar-refractivity contribution in [2.24, 2.45) is 5.92 Å². The lowest BCUT2D eigenvalue weighted by Crippen LogP contribution is -2.45. The van der Waals surface area contributed by atoms with Crippen LogP contribution >= 0.6 is 0 Å². The number of nitrogens with zero attached hydrogens (tertiary/aromatic N) is 1. The molecule has 6 heteroatoms. The van der Waals surface area contributed by atoms with E-state index in [-0.39, 0.29) is 18.5 Å². The van der Waals surface area contributed by atoms with E-state index in [0.717, 1.165) is 25.7 Å². The maximum Gasteiger partial charge on any atom is 0.401 e. The predicted octanol–water partition coefficient (Wildman–Crippen LogP) is 2.71. The van der Waals surface area contributed by atoms with Gasteiger partial charge in [0, 0.05) is 12.6 Å². The molecule has 1 saturated carbocycles. The van der Waals surface area contributed by atoms with E-state index in [1.165, 1.54) is 19.3 Å². The third-order valence-corrected chi connectivity index (χ3v) is 4.42. The molecule has 1 aliphatic carbocycles. The maximum absolute atomic E-state index is 12.1. The van der Waals surface area contributed by atoms with Gasteiger partial charge in [-0.2, -0.15) is 13.2 Å². The molecule has 0 radical (unpaired) electrons. The van der Waals surface area contributed by atoms with Gasteiger partial charge >= 0.3 is 6.18 Å². The molecule has 20 heavy (non-hydrogen) atoms. The largest absolute Gasteiger partial charge is 0.401 e. The number of carbonyl (C=O) groups is 1. The molecule has 1 N–H and O–H groups in total. The highest BCUT2D eigenvalue weighted by Gasteiger charge is 2.35. The monoisotopic (exact) mass is 292 g/mol. The lowest BCUT2D eigenvalue weighted by molar-refractivity contribution is -0.135. The molecule has 2 fully saturated rings. The van der Waals surface area contributed by atoms with E-state index in [0.29, 0.717) is 12.5 Å². The molecule has 116 valence electrons. The molecule has 0 bridgehead atoms. The molecule has 0 aromatic rings. The maximum atomic E-state index is 12.1. The zero-order valence-electron chi connectivity index (χ0n) is 11.7. The van der Waals surface area contributed by atoms with Crippen molar-refractivity contribution in [3.8, 4) is 0 Å². The van der Waals surface area contributed by atoms with Gasteiger partial charge in [-0.15, -0.1) is 0 Å². The normalized spacial score (nSPS) is 25.1. The second kappa shape index (κ2) is 6.78. The number of amides is 1. The Morgan fingerprint density at radius 3 is 2.45 bits per heavy atom. The molecule has 1 amide bonds. The van der Waals surface area contributed by atoms with Gasteiger partial charge in [0.25, 0.3) is 0 Å². The third-order valence-electron chi connectivity index (χ3n) is 4.42. The molecule has 1 aliphatic heterocycles. The average molecular weight is 292 g/mol. The van der Waals surface area contributed by atoms with Crippen LogP contribution in [0.25, 0.3) is 0 Å². The highest BCUT2D eigenvalue weighted by atomic mass is 19.4.